The lowest BCUT2D eigenvalue weighted by atomic mass is 10.1. The standard InChI is InChI=1S/C23H28FN7O.CH4/c1-5-19-22(32)29(4)20-12-26-23(28-21(20)31(19)15(2)3)25-10-17-11-27-30(14-17)13-16-6-8-18(24)9-7-16;/h6-9,11-12,14-15,19H,5,10,13H2,1-4H3,(H,25,26,28);1H4/t19-;/m0./s1. The number of aromatic nitrogens is 4. The Morgan fingerprint density at radius 1 is 1.15 bits per heavy atom. The van der Waals surface area contributed by atoms with Crippen LogP contribution in [0, 0.1) is 5.82 Å². The highest BCUT2D eigenvalue weighted by atomic mass is 19.1. The smallest absolute Gasteiger partial charge is 0.249 e. The molecule has 0 saturated heterocycles. The number of likely N-dealkylation sites (N-methyl/N-ethyl adjacent to an activating group) is 1. The second-order valence-electron chi connectivity index (χ2n) is 8.25. The molecule has 9 heteroatoms. The fraction of sp³-hybridized carbons (Fsp3) is 0.417. The SMILES string of the molecule is C.CC[C@H]1C(=O)N(C)c2cnc(NCc3cnn(Cc4ccc(F)cc4)c3)nc2N1C(C)C. The summed E-state index contributed by atoms with van der Waals surface area (Å²) >= 11 is 0. The van der Waals surface area contributed by atoms with E-state index < -0.39 is 0 Å². The number of amides is 1. The van der Waals surface area contributed by atoms with Crippen molar-refractivity contribution in [2.75, 3.05) is 22.2 Å². The summed E-state index contributed by atoms with van der Waals surface area (Å²) in [5.41, 5.74) is 2.67. The van der Waals surface area contributed by atoms with Crippen LogP contribution < -0.4 is 15.1 Å². The van der Waals surface area contributed by atoms with Crippen LogP contribution in [0.2, 0.25) is 0 Å². The molecule has 0 unspecified atom stereocenters. The topological polar surface area (TPSA) is 79.2 Å². The van der Waals surface area contributed by atoms with Crippen LogP contribution in [0.4, 0.5) is 21.8 Å². The Morgan fingerprint density at radius 3 is 2.55 bits per heavy atom. The molecule has 176 valence electrons. The van der Waals surface area contributed by atoms with Crippen molar-refractivity contribution in [3.8, 4) is 0 Å². The third kappa shape index (κ3) is 4.97. The van der Waals surface area contributed by atoms with Crippen molar-refractivity contribution in [2.24, 2.45) is 0 Å². The molecule has 0 saturated carbocycles. The first-order valence-corrected chi connectivity index (χ1v) is 10.8. The summed E-state index contributed by atoms with van der Waals surface area (Å²) in [5, 5.41) is 7.64. The lowest BCUT2D eigenvalue weighted by molar-refractivity contribution is -0.120. The maximum Gasteiger partial charge on any atom is 0.249 e. The number of hydrogen-bond acceptors (Lipinski definition) is 6. The lowest BCUT2D eigenvalue weighted by Gasteiger charge is -2.42. The summed E-state index contributed by atoms with van der Waals surface area (Å²) in [6, 6.07) is 6.29. The van der Waals surface area contributed by atoms with E-state index in [1.54, 1.807) is 36.5 Å². The molecule has 8 nitrogen and oxygen atoms in total. The number of nitrogens with zero attached hydrogens (tertiary/aromatic N) is 6. The molecule has 2 aromatic heterocycles. The lowest BCUT2D eigenvalue weighted by Crippen LogP contribution is -2.54. The Kier molecular flexibility index (Phi) is 7.30. The third-order valence-electron chi connectivity index (χ3n) is 5.65. The number of carbonyl (C=O) groups excluding carboxylic acids is 1. The summed E-state index contributed by atoms with van der Waals surface area (Å²) in [4.78, 5) is 25.6. The van der Waals surface area contributed by atoms with Crippen molar-refractivity contribution in [1.82, 2.24) is 19.7 Å². The van der Waals surface area contributed by atoms with Gasteiger partial charge in [0.25, 0.3) is 0 Å². The van der Waals surface area contributed by atoms with E-state index in [1.165, 1.54) is 12.1 Å². The second-order valence-corrected chi connectivity index (χ2v) is 8.25. The van der Waals surface area contributed by atoms with E-state index in [9.17, 15) is 9.18 Å². The first kappa shape index (κ1) is 24.2. The van der Waals surface area contributed by atoms with Gasteiger partial charge in [0, 0.05) is 31.4 Å². The maximum absolute atomic E-state index is 13.1. The number of rotatable bonds is 7. The molecule has 0 spiro atoms. The van der Waals surface area contributed by atoms with Crippen molar-refractivity contribution in [3.05, 3.63) is 59.8 Å². The molecule has 3 aromatic rings. The minimum absolute atomic E-state index is 0. The zero-order valence-electron chi connectivity index (χ0n) is 18.8. The van der Waals surface area contributed by atoms with Crippen molar-refractivity contribution >= 4 is 23.4 Å². The molecule has 1 amide bonds. The van der Waals surface area contributed by atoms with Crippen molar-refractivity contribution < 1.29 is 9.18 Å². The van der Waals surface area contributed by atoms with Gasteiger partial charge in [-0.05, 0) is 38.0 Å². The molecule has 1 aliphatic rings. The number of anilines is 3. The molecule has 1 aromatic carbocycles. The number of hydrogen-bond donors (Lipinski definition) is 1. The van der Waals surface area contributed by atoms with E-state index in [1.807, 2.05) is 17.8 Å². The second kappa shape index (κ2) is 9.97. The molecular formula is C24H32FN7O. The first-order chi connectivity index (χ1) is 15.4. The van der Waals surface area contributed by atoms with E-state index in [0.717, 1.165) is 16.9 Å². The Labute approximate surface area is 194 Å². The molecule has 1 aliphatic heterocycles. The zero-order valence-corrected chi connectivity index (χ0v) is 18.8. The molecule has 4 rings (SSSR count). The van der Waals surface area contributed by atoms with Gasteiger partial charge in [0.1, 0.15) is 17.5 Å². The highest BCUT2D eigenvalue weighted by Gasteiger charge is 2.38. The van der Waals surface area contributed by atoms with E-state index in [0.29, 0.717) is 31.1 Å². The predicted molar refractivity (Wildman–Crippen MR) is 129 cm³/mol. The Hall–Kier alpha value is -3.49. The van der Waals surface area contributed by atoms with E-state index in [2.05, 4.69) is 34.1 Å². The van der Waals surface area contributed by atoms with Gasteiger partial charge in [-0.3, -0.25) is 9.48 Å². The minimum Gasteiger partial charge on any atom is -0.350 e. The Bertz CT molecular complexity index is 1100. The summed E-state index contributed by atoms with van der Waals surface area (Å²) < 4.78 is 14.9. The first-order valence-electron chi connectivity index (χ1n) is 10.8. The Balaban J connectivity index is 0.00000306. The van der Waals surface area contributed by atoms with Gasteiger partial charge in [0.15, 0.2) is 5.82 Å². The van der Waals surface area contributed by atoms with Crippen molar-refractivity contribution in [2.45, 2.75) is 59.8 Å². The van der Waals surface area contributed by atoms with Crippen LogP contribution in [0.15, 0.2) is 42.9 Å². The van der Waals surface area contributed by atoms with Crippen LogP contribution >= 0.6 is 0 Å². The van der Waals surface area contributed by atoms with Gasteiger partial charge in [-0.2, -0.15) is 10.1 Å². The van der Waals surface area contributed by atoms with Crippen LogP contribution in [0.25, 0.3) is 0 Å². The summed E-state index contributed by atoms with van der Waals surface area (Å²) in [6.07, 6.45) is 6.13. The fourth-order valence-electron chi connectivity index (χ4n) is 4.01. The molecule has 0 bridgehead atoms. The molecule has 3 heterocycles. The number of benzene rings is 1. The van der Waals surface area contributed by atoms with Crippen molar-refractivity contribution in [1.29, 1.82) is 0 Å². The average Bonchev–Trinajstić information content (AvgIpc) is 3.23. The molecule has 1 N–H and O–H groups in total. The zero-order chi connectivity index (χ0) is 22.8. The summed E-state index contributed by atoms with van der Waals surface area (Å²) in [5.74, 6) is 1.07. The van der Waals surface area contributed by atoms with Crippen LogP contribution in [-0.4, -0.2) is 44.8 Å². The Morgan fingerprint density at radius 2 is 1.88 bits per heavy atom. The molecule has 0 fully saturated rings. The van der Waals surface area contributed by atoms with Gasteiger partial charge < -0.3 is 15.1 Å². The van der Waals surface area contributed by atoms with Gasteiger partial charge in [0.2, 0.25) is 11.9 Å². The monoisotopic (exact) mass is 453 g/mol. The number of nitrogens with one attached hydrogen (secondary N) is 1. The number of fused-ring (bicyclic) bond motifs is 1. The van der Waals surface area contributed by atoms with Crippen molar-refractivity contribution in [3.63, 3.8) is 0 Å². The molecule has 0 aliphatic carbocycles. The quantitative estimate of drug-likeness (QED) is 0.581. The summed E-state index contributed by atoms with van der Waals surface area (Å²) in [7, 11) is 1.77. The number of halogens is 1. The highest BCUT2D eigenvalue weighted by Crippen LogP contribution is 2.36. The van der Waals surface area contributed by atoms with E-state index in [-0.39, 0.29) is 31.2 Å². The largest absolute Gasteiger partial charge is 0.350 e. The van der Waals surface area contributed by atoms with Crippen LogP contribution in [-0.2, 0) is 17.9 Å². The maximum atomic E-state index is 13.1. The van der Waals surface area contributed by atoms with Crippen LogP contribution in [0.5, 0.6) is 0 Å². The summed E-state index contributed by atoms with van der Waals surface area (Å²) in [6.45, 7) is 7.22. The third-order valence-corrected chi connectivity index (χ3v) is 5.65. The highest BCUT2D eigenvalue weighted by molar-refractivity contribution is 6.04. The number of carbonyl (C=O) groups is 1. The van der Waals surface area contributed by atoms with Crippen LogP contribution in [0.1, 0.15) is 45.7 Å². The molecular weight excluding hydrogens is 421 g/mol. The normalized spacial score (nSPS) is 15.5. The van der Waals surface area contributed by atoms with Gasteiger partial charge in [-0.15, -0.1) is 0 Å². The molecule has 0 radical (unpaired) electrons. The van der Waals surface area contributed by atoms with Gasteiger partial charge in [-0.1, -0.05) is 26.5 Å². The fourth-order valence-corrected chi connectivity index (χ4v) is 4.01. The van der Waals surface area contributed by atoms with E-state index in [4.69, 9.17) is 4.98 Å². The minimum atomic E-state index is -0.249. The van der Waals surface area contributed by atoms with Gasteiger partial charge in [-0.25, -0.2) is 9.37 Å². The average molecular weight is 454 g/mol. The van der Waals surface area contributed by atoms with E-state index >= 15 is 0 Å². The van der Waals surface area contributed by atoms with Gasteiger partial charge >= 0.3 is 0 Å². The molecule has 1 atom stereocenters. The van der Waals surface area contributed by atoms with Crippen LogP contribution in [0.3, 0.4) is 0 Å². The molecule has 33 heavy (non-hydrogen) atoms. The predicted octanol–water partition coefficient (Wildman–Crippen LogP) is 4.08. The van der Waals surface area contributed by atoms with Gasteiger partial charge in [0.05, 0.1) is 18.9 Å².